The van der Waals surface area contributed by atoms with Gasteiger partial charge in [-0.05, 0) is 20.8 Å². The van der Waals surface area contributed by atoms with Gasteiger partial charge in [0.25, 0.3) is 0 Å². The molecule has 1 aliphatic heterocycles. The summed E-state index contributed by atoms with van der Waals surface area (Å²) in [5.74, 6) is 0. The first-order chi connectivity index (χ1) is 4.80. The van der Waals surface area contributed by atoms with Crippen LogP contribution < -0.4 is 0 Å². The SMILES string of the molecule is [B]C1OC(C)C(C)(O)C1(C)O. The maximum atomic E-state index is 9.71. The van der Waals surface area contributed by atoms with Crippen LogP contribution in [0.15, 0.2) is 0 Å². The van der Waals surface area contributed by atoms with E-state index in [9.17, 15) is 10.2 Å². The van der Waals surface area contributed by atoms with Crippen LogP contribution in [-0.2, 0) is 4.74 Å². The standard InChI is InChI=1S/C7H13BO3/c1-4-6(2,9)7(3,10)5(8)11-4/h4-5,9-10H,1-3H3. The Labute approximate surface area is 67.8 Å². The third-order valence-electron chi connectivity index (χ3n) is 2.72. The highest BCUT2D eigenvalue weighted by molar-refractivity contribution is 6.12. The molecule has 11 heavy (non-hydrogen) atoms. The van der Waals surface area contributed by atoms with Crippen molar-refractivity contribution >= 4 is 7.85 Å². The van der Waals surface area contributed by atoms with Crippen LogP contribution in [0.1, 0.15) is 20.8 Å². The molecule has 0 amide bonds. The molecule has 1 fully saturated rings. The van der Waals surface area contributed by atoms with Crippen LogP contribution in [0.2, 0.25) is 0 Å². The van der Waals surface area contributed by atoms with Crippen LogP contribution in [0.4, 0.5) is 0 Å². The maximum Gasteiger partial charge on any atom is 0.118 e. The van der Waals surface area contributed by atoms with Crippen molar-refractivity contribution in [3.63, 3.8) is 0 Å². The Hall–Kier alpha value is -0.0551. The van der Waals surface area contributed by atoms with Crippen LogP contribution in [0.25, 0.3) is 0 Å². The van der Waals surface area contributed by atoms with Crippen molar-refractivity contribution in [1.29, 1.82) is 0 Å². The molecule has 1 heterocycles. The molecular formula is C7H13BO3. The van der Waals surface area contributed by atoms with Crippen LogP contribution in [0, 0.1) is 0 Å². The fraction of sp³-hybridized carbons (Fsp3) is 1.00. The zero-order valence-electron chi connectivity index (χ0n) is 7.03. The minimum absolute atomic E-state index is 0.438. The molecule has 1 aliphatic rings. The van der Waals surface area contributed by atoms with Crippen LogP contribution in [-0.4, -0.2) is 41.4 Å². The van der Waals surface area contributed by atoms with E-state index in [0.717, 1.165) is 0 Å². The van der Waals surface area contributed by atoms with E-state index in [1.54, 1.807) is 6.92 Å². The van der Waals surface area contributed by atoms with Crippen molar-refractivity contribution in [2.24, 2.45) is 0 Å². The topological polar surface area (TPSA) is 49.7 Å². The van der Waals surface area contributed by atoms with Crippen molar-refractivity contribution in [2.75, 3.05) is 0 Å². The second-order valence-corrected chi connectivity index (χ2v) is 3.49. The Balaban J connectivity index is 2.95. The zero-order chi connectivity index (χ0) is 8.86. The largest absolute Gasteiger partial charge is 0.385 e. The van der Waals surface area contributed by atoms with Crippen LogP contribution >= 0.6 is 0 Å². The second-order valence-electron chi connectivity index (χ2n) is 3.49. The smallest absolute Gasteiger partial charge is 0.118 e. The lowest BCUT2D eigenvalue weighted by Crippen LogP contribution is -2.54. The van der Waals surface area contributed by atoms with Crippen molar-refractivity contribution in [2.45, 2.75) is 44.1 Å². The Morgan fingerprint density at radius 3 is 1.82 bits per heavy atom. The third kappa shape index (κ3) is 1.01. The summed E-state index contributed by atoms with van der Waals surface area (Å²) < 4.78 is 5.07. The molecule has 0 saturated carbocycles. The van der Waals surface area contributed by atoms with E-state index in [-0.39, 0.29) is 0 Å². The van der Waals surface area contributed by atoms with Crippen molar-refractivity contribution in [3.05, 3.63) is 0 Å². The van der Waals surface area contributed by atoms with E-state index in [0.29, 0.717) is 0 Å². The molecule has 4 heteroatoms. The van der Waals surface area contributed by atoms with Gasteiger partial charge >= 0.3 is 0 Å². The van der Waals surface area contributed by atoms with Gasteiger partial charge in [-0.25, -0.2) is 0 Å². The van der Waals surface area contributed by atoms with E-state index in [4.69, 9.17) is 12.6 Å². The van der Waals surface area contributed by atoms with Gasteiger partial charge in [0.15, 0.2) is 0 Å². The first kappa shape index (κ1) is 9.04. The summed E-state index contributed by atoms with van der Waals surface area (Å²) in [5, 5.41) is 19.4. The number of aliphatic hydroxyl groups is 2. The number of ether oxygens (including phenoxy) is 1. The highest BCUT2D eigenvalue weighted by Gasteiger charge is 2.56. The molecule has 3 nitrogen and oxygen atoms in total. The maximum absolute atomic E-state index is 9.71. The number of hydrogen-bond acceptors (Lipinski definition) is 3. The number of rotatable bonds is 0. The predicted octanol–water partition coefficient (Wildman–Crippen LogP) is -0.598. The Morgan fingerprint density at radius 2 is 1.73 bits per heavy atom. The van der Waals surface area contributed by atoms with Gasteiger partial charge in [-0.15, -0.1) is 0 Å². The van der Waals surface area contributed by atoms with Gasteiger partial charge < -0.3 is 14.9 Å². The van der Waals surface area contributed by atoms with Gasteiger partial charge in [0.05, 0.1) is 6.10 Å². The molecule has 1 rings (SSSR count). The molecule has 4 atom stereocenters. The summed E-state index contributed by atoms with van der Waals surface area (Å²) >= 11 is 0. The van der Waals surface area contributed by atoms with E-state index in [1.807, 2.05) is 0 Å². The lowest BCUT2D eigenvalue weighted by Gasteiger charge is -2.34. The lowest BCUT2D eigenvalue weighted by molar-refractivity contribution is -0.112. The molecule has 0 spiro atoms. The lowest BCUT2D eigenvalue weighted by atomic mass is 9.75. The monoisotopic (exact) mass is 156 g/mol. The normalized spacial score (nSPS) is 58.3. The second kappa shape index (κ2) is 2.22. The first-order valence-corrected chi connectivity index (χ1v) is 3.66. The van der Waals surface area contributed by atoms with Gasteiger partial charge in [-0.1, -0.05) is 0 Å². The highest BCUT2D eigenvalue weighted by Crippen LogP contribution is 2.37. The Bertz CT molecular complexity index is 149. The molecule has 2 radical (unpaired) electrons. The van der Waals surface area contributed by atoms with Crippen LogP contribution in [0.3, 0.4) is 0 Å². The molecule has 2 N–H and O–H groups in total. The average molecular weight is 156 g/mol. The molecule has 0 bridgehead atoms. The third-order valence-corrected chi connectivity index (χ3v) is 2.72. The summed E-state index contributed by atoms with van der Waals surface area (Å²) in [4.78, 5) is 0. The van der Waals surface area contributed by atoms with Crippen molar-refractivity contribution < 1.29 is 14.9 Å². The Morgan fingerprint density at radius 1 is 1.27 bits per heavy atom. The summed E-state index contributed by atoms with van der Waals surface area (Å²) in [6.45, 7) is 4.67. The van der Waals surface area contributed by atoms with Gasteiger partial charge in [-0.3, -0.25) is 0 Å². The molecule has 1 saturated heterocycles. The van der Waals surface area contributed by atoms with Gasteiger partial charge in [-0.2, -0.15) is 0 Å². The first-order valence-electron chi connectivity index (χ1n) is 3.66. The molecule has 62 valence electrons. The number of hydrogen-bond donors (Lipinski definition) is 2. The summed E-state index contributed by atoms with van der Waals surface area (Å²) in [6, 6.07) is -0.813. The van der Waals surface area contributed by atoms with E-state index >= 15 is 0 Å². The van der Waals surface area contributed by atoms with Crippen molar-refractivity contribution in [1.82, 2.24) is 0 Å². The van der Waals surface area contributed by atoms with Gasteiger partial charge in [0.1, 0.15) is 19.0 Å². The Kier molecular flexibility index (Phi) is 1.82. The predicted molar refractivity (Wildman–Crippen MR) is 41.3 cm³/mol. The molecule has 4 unspecified atom stereocenters. The molecule has 0 aliphatic carbocycles. The quantitative estimate of drug-likeness (QED) is 0.460. The van der Waals surface area contributed by atoms with E-state index in [2.05, 4.69) is 0 Å². The molecule has 0 aromatic carbocycles. The van der Waals surface area contributed by atoms with Crippen LogP contribution in [0.5, 0.6) is 0 Å². The fourth-order valence-electron chi connectivity index (χ4n) is 1.18. The summed E-state index contributed by atoms with van der Waals surface area (Å²) in [6.07, 6.45) is -0.438. The zero-order valence-corrected chi connectivity index (χ0v) is 7.03. The summed E-state index contributed by atoms with van der Waals surface area (Å²) in [7, 11) is 5.45. The minimum atomic E-state index is -1.37. The van der Waals surface area contributed by atoms with Crippen molar-refractivity contribution in [3.8, 4) is 0 Å². The van der Waals surface area contributed by atoms with E-state index < -0.39 is 23.3 Å². The highest BCUT2D eigenvalue weighted by atomic mass is 16.5. The summed E-state index contributed by atoms with van der Waals surface area (Å²) in [5.41, 5.74) is -2.64. The van der Waals surface area contributed by atoms with Gasteiger partial charge in [0.2, 0.25) is 0 Å². The molecule has 0 aromatic rings. The molecule has 0 aromatic heterocycles. The molecular weight excluding hydrogens is 143 g/mol. The van der Waals surface area contributed by atoms with E-state index in [1.165, 1.54) is 13.8 Å². The fourth-order valence-corrected chi connectivity index (χ4v) is 1.18. The average Bonchev–Trinajstić information content (AvgIpc) is 1.95. The van der Waals surface area contributed by atoms with Gasteiger partial charge in [0, 0.05) is 6.00 Å². The minimum Gasteiger partial charge on any atom is -0.385 e.